The molecule has 0 spiro atoms. The third-order valence-corrected chi connectivity index (χ3v) is 4.56. The van der Waals surface area contributed by atoms with Crippen LogP contribution in [0.4, 0.5) is 4.39 Å². The quantitative estimate of drug-likeness (QED) is 0.871. The third kappa shape index (κ3) is 3.94. The molecule has 5 nitrogen and oxygen atoms in total. The second-order valence-electron chi connectivity index (χ2n) is 5.95. The van der Waals surface area contributed by atoms with Crippen LogP contribution in [-0.2, 0) is 17.9 Å². The molecule has 0 radical (unpaired) electrons. The Morgan fingerprint density at radius 1 is 1.46 bits per heavy atom. The molecule has 0 unspecified atom stereocenters. The van der Waals surface area contributed by atoms with Gasteiger partial charge in [0.15, 0.2) is 0 Å². The Labute approximate surface area is 145 Å². The van der Waals surface area contributed by atoms with Crippen LogP contribution >= 0.6 is 11.6 Å². The number of aromatic nitrogens is 2. The molecule has 3 rings (SSSR count). The second-order valence-corrected chi connectivity index (χ2v) is 6.35. The molecular formula is C17H20ClFN4O. The number of benzene rings is 1. The zero-order valence-corrected chi connectivity index (χ0v) is 14.0. The van der Waals surface area contributed by atoms with Crippen molar-refractivity contribution in [1.29, 1.82) is 0 Å². The number of amides is 1. The molecule has 0 bridgehead atoms. The van der Waals surface area contributed by atoms with Crippen molar-refractivity contribution in [3.05, 3.63) is 52.6 Å². The molecule has 1 amide bonds. The number of nitrogens with one attached hydrogen (secondary N) is 2. The number of halogens is 2. The van der Waals surface area contributed by atoms with Crippen molar-refractivity contribution >= 4 is 17.5 Å². The topological polar surface area (TPSA) is 59.0 Å². The van der Waals surface area contributed by atoms with Gasteiger partial charge < -0.3 is 10.6 Å². The van der Waals surface area contributed by atoms with Crippen LogP contribution < -0.4 is 10.6 Å². The fourth-order valence-electron chi connectivity index (χ4n) is 3.00. The van der Waals surface area contributed by atoms with Gasteiger partial charge in [-0.1, -0.05) is 23.7 Å². The molecular weight excluding hydrogens is 331 g/mol. The Balaban J connectivity index is 1.59. The molecule has 7 heteroatoms. The van der Waals surface area contributed by atoms with E-state index in [1.165, 1.54) is 6.07 Å². The lowest BCUT2D eigenvalue weighted by molar-refractivity contribution is -0.122. The van der Waals surface area contributed by atoms with Crippen molar-refractivity contribution in [3.63, 3.8) is 0 Å². The van der Waals surface area contributed by atoms with Gasteiger partial charge in [0.05, 0.1) is 5.02 Å². The van der Waals surface area contributed by atoms with Crippen LogP contribution in [0, 0.1) is 5.82 Å². The minimum Gasteiger partial charge on any atom is -0.350 e. The first-order valence-electron chi connectivity index (χ1n) is 8.07. The Bertz CT molecular complexity index is 712. The van der Waals surface area contributed by atoms with E-state index in [9.17, 15) is 9.18 Å². The summed E-state index contributed by atoms with van der Waals surface area (Å²) in [5.41, 5.74) is 1.43. The summed E-state index contributed by atoms with van der Waals surface area (Å²) >= 11 is 5.74. The lowest BCUT2D eigenvalue weighted by Crippen LogP contribution is -2.32. The minimum atomic E-state index is -0.493. The van der Waals surface area contributed by atoms with Gasteiger partial charge in [0.25, 0.3) is 0 Å². The van der Waals surface area contributed by atoms with E-state index in [1.54, 1.807) is 23.0 Å². The Kier molecular flexibility index (Phi) is 5.48. The summed E-state index contributed by atoms with van der Waals surface area (Å²) in [7, 11) is 0. The second kappa shape index (κ2) is 7.77. The normalized spacial score (nSPS) is 17.7. The van der Waals surface area contributed by atoms with Gasteiger partial charge in [0.2, 0.25) is 5.91 Å². The SMILES string of the molecule is O=C(Cn1nccc1[C@@H]1CCCNC1)NCc1cccc(Cl)c1F. The highest BCUT2D eigenvalue weighted by Gasteiger charge is 2.20. The number of carbonyl (C=O) groups is 1. The fourth-order valence-corrected chi connectivity index (χ4v) is 3.19. The fraction of sp³-hybridized carbons (Fsp3) is 0.412. The summed E-state index contributed by atoms with van der Waals surface area (Å²) in [6, 6.07) is 6.71. The molecule has 24 heavy (non-hydrogen) atoms. The average Bonchev–Trinajstić information content (AvgIpc) is 3.05. The first-order chi connectivity index (χ1) is 11.6. The van der Waals surface area contributed by atoms with Crippen LogP contribution in [0.2, 0.25) is 5.02 Å². The molecule has 2 heterocycles. The first-order valence-corrected chi connectivity index (χ1v) is 8.45. The maximum absolute atomic E-state index is 13.8. The van der Waals surface area contributed by atoms with Gasteiger partial charge in [-0.05, 0) is 31.5 Å². The van der Waals surface area contributed by atoms with Gasteiger partial charge in [0, 0.05) is 36.5 Å². The van der Waals surface area contributed by atoms with Gasteiger partial charge in [0.1, 0.15) is 12.4 Å². The molecule has 1 aliphatic heterocycles. The predicted octanol–water partition coefficient (Wildman–Crippen LogP) is 2.46. The number of hydrogen-bond donors (Lipinski definition) is 2. The summed E-state index contributed by atoms with van der Waals surface area (Å²) in [6.07, 6.45) is 3.93. The Morgan fingerprint density at radius 2 is 2.33 bits per heavy atom. The number of rotatable bonds is 5. The molecule has 2 N–H and O–H groups in total. The van der Waals surface area contributed by atoms with Crippen LogP contribution in [-0.4, -0.2) is 28.8 Å². The van der Waals surface area contributed by atoms with E-state index in [0.717, 1.165) is 31.6 Å². The number of nitrogens with zero attached hydrogens (tertiary/aromatic N) is 2. The summed E-state index contributed by atoms with van der Waals surface area (Å²) in [6.45, 7) is 2.17. The smallest absolute Gasteiger partial charge is 0.242 e. The van der Waals surface area contributed by atoms with E-state index in [2.05, 4.69) is 15.7 Å². The van der Waals surface area contributed by atoms with Crippen molar-refractivity contribution in [2.24, 2.45) is 0 Å². The molecule has 0 aliphatic carbocycles. The largest absolute Gasteiger partial charge is 0.350 e. The highest BCUT2D eigenvalue weighted by atomic mass is 35.5. The molecule has 128 valence electrons. The molecule has 1 saturated heterocycles. The van der Waals surface area contributed by atoms with Crippen LogP contribution in [0.5, 0.6) is 0 Å². The number of carbonyl (C=O) groups excluding carboxylic acids is 1. The van der Waals surface area contributed by atoms with Crippen molar-refractivity contribution in [3.8, 4) is 0 Å². The van der Waals surface area contributed by atoms with E-state index in [4.69, 9.17) is 11.6 Å². The highest BCUT2D eigenvalue weighted by Crippen LogP contribution is 2.22. The summed E-state index contributed by atoms with van der Waals surface area (Å²) in [5.74, 6) is -0.324. The molecule has 1 aromatic heterocycles. The highest BCUT2D eigenvalue weighted by molar-refractivity contribution is 6.30. The lowest BCUT2D eigenvalue weighted by Gasteiger charge is -2.23. The van der Waals surface area contributed by atoms with Gasteiger partial charge in [-0.3, -0.25) is 9.48 Å². The summed E-state index contributed by atoms with van der Waals surface area (Å²) in [4.78, 5) is 12.2. The minimum absolute atomic E-state index is 0.0564. The zero-order valence-electron chi connectivity index (χ0n) is 13.3. The molecule has 1 aromatic carbocycles. The zero-order chi connectivity index (χ0) is 16.9. The lowest BCUT2D eigenvalue weighted by atomic mass is 9.96. The monoisotopic (exact) mass is 350 g/mol. The molecule has 1 aliphatic rings. The standard InChI is InChI=1S/C17H20ClFN4O/c18-14-5-1-3-13(17(14)19)10-21-16(24)11-23-15(6-8-22-23)12-4-2-7-20-9-12/h1,3,5-6,8,12,20H,2,4,7,9-11H2,(H,21,24)/t12-/m1/s1. The van der Waals surface area contributed by atoms with Gasteiger partial charge in [-0.2, -0.15) is 5.10 Å². The van der Waals surface area contributed by atoms with Gasteiger partial charge >= 0.3 is 0 Å². The maximum Gasteiger partial charge on any atom is 0.242 e. The van der Waals surface area contributed by atoms with Crippen LogP contribution in [0.25, 0.3) is 0 Å². The number of hydrogen-bond acceptors (Lipinski definition) is 3. The Hall–Kier alpha value is -1.92. The number of piperidine rings is 1. The van der Waals surface area contributed by atoms with Crippen molar-refractivity contribution in [1.82, 2.24) is 20.4 Å². The predicted molar refractivity (Wildman–Crippen MR) is 90.3 cm³/mol. The molecule has 1 atom stereocenters. The van der Waals surface area contributed by atoms with Crippen LogP contribution in [0.1, 0.15) is 30.0 Å². The van der Waals surface area contributed by atoms with Crippen molar-refractivity contribution in [2.45, 2.75) is 31.8 Å². The Morgan fingerprint density at radius 3 is 3.12 bits per heavy atom. The van der Waals surface area contributed by atoms with E-state index in [1.807, 2.05) is 6.07 Å². The third-order valence-electron chi connectivity index (χ3n) is 4.27. The molecule has 1 fully saturated rings. The van der Waals surface area contributed by atoms with E-state index >= 15 is 0 Å². The van der Waals surface area contributed by atoms with Crippen molar-refractivity contribution in [2.75, 3.05) is 13.1 Å². The average molecular weight is 351 g/mol. The van der Waals surface area contributed by atoms with Gasteiger partial charge in [-0.25, -0.2) is 4.39 Å². The first kappa shape index (κ1) is 16.9. The van der Waals surface area contributed by atoms with E-state index < -0.39 is 5.82 Å². The van der Waals surface area contributed by atoms with Crippen LogP contribution in [0.3, 0.4) is 0 Å². The summed E-state index contributed by atoms with van der Waals surface area (Å²) in [5, 5.41) is 10.4. The van der Waals surface area contributed by atoms with Gasteiger partial charge in [-0.15, -0.1) is 0 Å². The van der Waals surface area contributed by atoms with Crippen molar-refractivity contribution < 1.29 is 9.18 Å². The maximum atomic E-state index is 13.8. The molecule has 2 aromatic rings. The molecule has 0 saturated carbocycles. The van der Waals surface area contributed by atoms with Crippen LogP contribution in [0.15, 0.2) is 30.5 Å². The van der Waals surface area contributed by atoms with E-state index in [-0.39, 0.29) is 24.0 Å². The van der Waals surface area contributed by atoms with E-state index in [0.29, 0.717) is 11.5 Å². The summed E-state index contributed by atoms with van der Waals surface area (Å²) < 4.78 is 15.6.